The van der Waals surface area contributed by atoms with E-state index in [0.29, 0.717) is 18.3 Å². The minimum Gasteiger partial charge on any atom is -0.299 e. The van der Waals surface area contributed by atoms with Gasteiger partial charge < -0.3 is 0 Å². The quantitative estimate of drug-likeness (QED) is 0.367. The van der Waals surface area contributed by atoms with E-state index >= 15 is 0 Å². The number of imidazole rings is 1. The molecule has 0 saturated heterocycles. The number of aromatic nitrogens is 7. The van der Waals surface area contributed by atoms with Gasteiger partial charge in [0, 0.05) is 36.4 Å². The van der Waals surface area contributed by atoms with E-state index in [9.17, 15) is 4.79 Å². The normalized spacial score (nSPS) is 11.4. The Kier molecular flexibility index (Phi) is 7.12. The molecule has 172 valence electrons. The number of hydrogen-bond donors (Lipinski definition) is 1. The first kappa shape index (κ1) is 22.6. The first-order chi connectivity index (χ1) is 16.1. The molecule has 0 bridgehead atoms. The smallest absolute Gasteiger partial charge is 0.299 e. The Morgan fingerprint density at radius 1 is 1.06 bits per heavy atom. The van der Waals surface area contributed by atoms with Gasteiger partial charge in [-0.3, -0.25) is 14.1 Å². The fraction of sp³-hybridized carbons (Fsp3) is 0.400. The molecule has 0 saturated carbocycles. The second-order valence-electron chi connectivity index (χ2n) is 8.86. The number of aromatic amines is 1. The highest BCUT2D eigenvalue weighted by molar-refractivity contribution is 5.79. The molecule has 33 heavy (non-hydrogen) atoms. The highest BCUT2D eigenvalue weighted by atomic mass is 16.1. The molecule has 0 spiro atoms. The van der Waals surface area contributed by atoms with Crippen molar-refractivity contribution in [2.45, 2.75) is 59.5 Å². The standard InChI is InChI=1S/C25H31N7O/c1-4-5-6-7-21-17-31(15-18(2)3)25(33)32(21)16-19-8-10-20(11-9-19)22-12-13-26-14-23(22)24-27-29-30-28-24/h8-14,17-18H,4-7,15-16H2,1-3H3,(H,27,28,29,30). The third-order valence-electron chi connectivity index (χ3n) is 5.75. The lowest BCUT2D eigenvalue weighted by Crippen LogP contribution is -2.26. The molecule has 8 heteroatoms. The summed E-state index contributed by atoms with van der Waals surface area (Å²) < 4.78 is 3.81. The van der Waals surface area contributed by atoms with Crippen molar-refractivity contribution in [3.05, 3.63) is 70.7 Å². The Morgan fingerprint density at radius 2 is 1.88 bits per heavy atom. The molecular weight excluding hydrogens is 414 g/mol. The summed E-state index contributed by atoms with van der Waals surface area (Å²) in [7, 11) is 0. The van der Waals surface area contributed by atoms with Gasteiger partial charge in [-0.25, -0.2) is 9.89 Å². The van der Waals surface area contributed by atoms with Crippen LogP contribution in [0.3, 0.4) is 0 Å². The van der Waals surface area contributed by atoms with Crippen LogP contribution in [-0.2, 0) is 19.5 Å². The van der Waals surface area contributed by atoms with Crippen LogP contribution in [0, 0.1) is 5.92 Å². The molecule has 0 atom stereocenters. The zero-order valence-corrected chi connectivity index (χ0v) is 19.5. The minimum atomic E-state index is 0.0773. The summed E-state index contributed by atoms with van der Waals surface area (Å²) >= 11 is 0. The summed E-state index contributed by atoms with van der Waals surface area (Å²) in [6.07, 6.45) is 9.94. The predicted octanol–water partition coefficient (Wildman–Crippen LogP) is 4.33. The lowest BCUT2D eigenvalue weighted by atomic mass is 10.00. The maximum atomic E-state index is 13.1. The van der Waals surface area contributed by atoms with Crippen molar-refractivity contribution < 1.29 is 0 Å². The number of hydrogen-bond acceptors (Lipinski definition) is 5. The zero-order chi connectivity index (χ0) is 23.2. The second-order valence-corrected chi connectivity index (χ2v) is 8.86. The van der Waals surface area contributed by atoms with Gasteiger partial charge in [0.05, 0.1) is 6.54 Å². The SMILES string of the molecule is CCCCCc1cn(CC(C)C)c(=O)n1Cc1ccc(-c2ccncc2-c2nnn[nH]2)cc1. The molecule has 3 aromatic heterocycles. The van der Waals surface area contributed by atoms with E-state index in [0.717, 1.165) is 47.3 Å². The Morgan fingerprint density at radius 3 is 2.58 bits per heavy atom. The van der Waals surface area contributed by atoms with Crippen molar-refractivity contribution in [3.63, 3.8) is 0 Å². The first-order valence-electron chi connectivity index (χ1n) is 11.6. The van der Waals surface area contributed by atoms with E-state index in [-0.39, 0.29) is 5.69 Å². The first-order valence-corrected chi connectivity index (χ1v) is 11.6. The van der Waals surface area contributed by atoms with Crippen LogP contribution in [0.2, 0.25) is 0 Å². The van der Waals surface area contributed by atoms with E-state index in [1.807, 2.05) is 15.2 Å². The summed E-state index contributed by atoms with van der Waals surface area (Å²) in [4.78, 5) is 17.3. The molecule has 1 N–H and O–H groups in total. The van der Waals surface area contributed by atoms with Crippen LogP contribution in [0.4, 0.5) is 0 Å². The van der Waals surface area contributed by atoms with Crippen LogP contribution in [0.25, 0.3) is 22.5 Å². The Balaban J connectivity index is 1.60. The minimum absolute atomic E-state index is 0.0773. The topological polar surface area (TPSA) is 94.3 Å². The van der Waals surface area contributed by atoms with Gasteiger partial charge in [-0.05, 0) is 51.9 Å². The Labute approximate surface area is 193 Å². The van der Waals surface area contributed by atoms with E-state index in [2.05, 4.69) is 76.8 Å². The van der Waals surface area contributed by atoms with Crippen molar-refractivity contribution >= 4 is 0 Å². The van der Waals surface area contributed by atoms with Crippen LogP contribution in [-0.4, -0.2) is 34.7 Å². The molecule has 4 rings (SSSR count). The van der Waals surface area contributed by atoms with Crippen molar-refractivity contribution in [2.75, 3.05) is 0 Å². The average Bonchev–Trinajstić information content (AvgIpc) is 3.45. The summed E-state index contributed by atoms with van der Waals surface area (Å²) in [5, 5.41) is 14.2. The van der Waals surface area contributed by atoms with Gasteiger partial charge in [0.25, 0.3) is 0 Å². The van der Waals surface area contributed by atoms with Gasteiger partial charge in [0.2, 0.25) is 0 Å². The number of H-pyrrole nitrogens is 1. The largest absolute Gasteiger partial charge is 0.328 e. The Bertz CT molecular complexity index is 1220. The highest BCUT2D eigenvalue weighted by Crippen LogP contribution is 2.29. The molecular formula is C25H31N7O. The molecule has 0 aliphatic carbocycles. The fourth-order valence-corrected chi connectivity index (χ4v) is 4.11. The van der Waals surface area contributed by atoms with E-state index in [1.165, 1.54) is 12.8 Å². The average molecular weight is 446 g/mol. The lowest BCUT2D eigenvalue weighted by molar-refractivity contribution is 0.503. The maximum Gasteiger partial charge on any atom is 0.328 e. The highest BCUT2D eigenvalue weighted by Gasteiger charge is 2.14. The van der Waals surface area contributed by atoms with E-state index < -0.39 is 0 Å². The van der Waals surface area contributed by atoms with Crippen molar-refractivity contribution in [1.29, 1.82) is 0 Å². The number of benzene rings is 1. The molecule has 0 unspecified atom stereocenters. The lowest BCUT2D eigenvalue weighted by Gasteiger charge is -2.10. The van der Waals surface area contributed by atoms with Crippen LogP contribution >= 0.6 is 0 Å². The number of nitrogens with one attached hydrogen (secondary N) is 1. The molecule has 0 aliphatic rings. The van der Waals surface area contributed by atoms with Crippen molar-refractivity contribution in [1.82, 2.24) is 34.7 Å². The zero-order valence-electron chi connectivity index (χ0n) is 19.5. The molecule has 0 radical (unpaired) electrons. The fourth-order valence-electron chi connectivity index (χ4n) is 4.11. The Hall–Kier alpha value is -3.55. The van der Waals surface area contributed by atoms with Gasteiger partial charge in [0.15, 0.2) is 5.82 Å². The molecule has 1 aromatic carbocycles. The van der Waals surface area contributed by atoms with Gasteiger partial charge in [-0.1, -0.05) is 57.9 Å². The number of pyridine rings is 1. The summed E-state index contributed by atoms with van der Waals surface area (Å²) in [6.45, 7) is 7.79. The number of unbranched alkanes of at least 4 members (excludes halogenated alkanes) is 2. The summed E-state index contributed by atoms with van der Waals surface area (Å²) in [5.41, 5.74) is 5.17. The molecule has 0 aliphatic heterocycles. The molecule has 8 nitrogen and oxygen atoms in total. The number of tetrazole rings is 1. The third kappa shape index (κ3) is 5.27. The van der Waals surface area contributed by atoms with Gasteiger partial charge in [0.1, 0.15) is 0 Å². The summed E-state index contributed by atoms with van der Waals surface area (Å²) in [5.74, 6) is 1.01. The van der Waals surface area contributed by atoms with Gasteiger partial charge in [-0.15, -0.1) is 5.10 Å². The second kappa shape index (κ2) is 10.4. The molecule has 3 heterocycles. The van der Waals surface area contributed by atoms with E-state index in [1.54, 1.807) is 12.4 Å². The van der Waals surface area contributed by atoms with E-state index in [4.69, 9.17) is 0 Å². The van der Waals surface area contributed by atoms with Gasteiger partial charge in [-0.2, -0.15) is 0 Å². The molecule has 0 amide bonds. The third-order valence-corrected chi connectivity index (χ3v) is 5.75. The van der Waals surface area contributed by atoms with Gasteiger partial charge >= 0.3 is 5.69 Å². The van der Waals surface area contributed by atoms with Crippen molar-refractivity contribution in [2.24, 2.45) is 5.92 Å². The monoisotopic (exact) mass is 445 g/mol. The van der Waals surface area contributed by atoms with Crippen LogP contribution in [0.1, 0.15) is 51.3 Å². The number of rotatable bonds is 10. The van der Waals surface area contributed by atoms with Crippen LogP contribution in [0.15, 0.2) is 53.7 Å². The summed E-state index contributed by atoms with van der Waals surface area (Å²) in [6, 6.07) is 10.3. The number of nitrogens with zero attached hydrogens (tertiary/aromatic N) is 6. The molecule has 4 aromatic rings. The van der Waals surface area contributed by atoms with Crippen LogP contribution in [0.5, 0.6) is 0 Å². The maximum absolute atomic E-state index is 13.1. The molecule has 0 fully saturated rings. The predicted molar refractivity (Wildman–Crippen MR) is 129 cm³/mol. The van der Waals surface area contributed by atoms with Crippen molar-refractivity contribution in [3.8, 4) is 22.5 Å². The van der Waals surface area contributed by atoms with Crippen LogP contribution < -0.4 is 5.69 Å². The number of aryl methyl sites for hydroxylation is 1.